The number of hydrogen-bond acceptors (Lipinski definition) is 6. The number of esters is 1. The Morgan fingerprint density at radius 3 is 2.54 bits per heavy atom. The highest BCUT2D eigenvalue weighted by atomic mass is 16.7. The number of fused-ring (bicyclic) bond motifs is 7. The Balaban J connectivity index is 1.25. The van der Waals surface area contributed by atoms with Gasteiger partial charge in [0.15, 0.2) is 5.79 Å². The second kappa shape index (κ2) is 8.01. The lowest BCUT2D eigenvalue weighted by Gasteiger charge is -2.60. The van der Waals surface area contributed by atoms with Gasteiger partial charge in [0.05, 0.1) is 6.10 Å². The van der Waals surface area contributed by atoms with E-state index in [1.807, 2.05) is 0 Å². The van der Waals surface area contributed by atoms with E-state index in [0.717, 1.165) is 44.9 Å². The maximum Gasteiger partial charge on any atom is 0.302 e. The summed E-state index contributed by atoms with van der Waals surface area (Å²) in [4.78, 5) is 25.7. The van der Waals surface area contributed by atoms with Crippen molar-refractivity contribution in [1.29, 1.82) is 0 Å². The van der Waals surface area contributed by atoms with Crippen LogP contribution in [0, 0.1) is 52.3 Å². The molecule has 0 bridgehead atoms. The highest BCUT2D eigenvalue weighted by Gasteiger charge is 2.72. The van der Waals surface area contributed by atoms with Crippen molar-refractivity contribution < 1.29 is 28.9 Å². The Labute approximate surface area is 209 Å². The number of Topliss-reactive ketones (excluding diaryl/α,β-unsaturated/α-hetero) is 1. The third-order valence-corrected chi connectivity index (χ3v) is 12.1. The number of ether oxygens (including phenoxy) is 3. The number of aliphatic hydroxyl groups is 1. The van der Waals surface area contributed by atoms with E-state index in [4.69, 9.17) is 14.2 Å². The normalized spacial score (nSPS) is 57.3. The second-order valence-electron chi connectivity index (χ2n) is 13.7. The van der Waals surface area contributed by atoms with Crippen molar-refractivity contribution in [3.05, 3.63) is 0 Å². The number of carbonyl (C=O) groups is 2. The molecule has 4 saturated carbocycles. The standard InChI is InChI=1S/C29H44O6/c1-15-10-25(33-14-15)29(32)16(2)26-23(35-29)12-22-20-7-6-18-11-19(34-17(3)30)8-9-27(18,4)21(20)13-24(31)28(22,26)5/h15-16,18-23,25-26,32H,6-14H2,1-5H3/t15-,16+,18+,19+,20-,21+,22+,23+,25+,26+,27+,28-,29+/m1/s1. The summed E-state index contributed by atoms with van der Waals surface area (Å²) < 4.78 is 18.1. The first-order chi connectivity index (χ1) is 16.5. The molecule has 13 atom stereocenters. The van der Waals surface area contributed by atoms with Crippen molar-refractivity contribution in [1.82, 2.24) is 0 Å². The van der Waals surface area contributed by atoms with Crippen LogP contribution < -0.4 is 0 Å². The third kappa shape index (κ3) is 3.31. The first-order valence-electron chi connectivity index (χ1n) is 14.2. The van der Waals surface area contributed by atoms with E-state index in [2.05, 4.69) is 27.7 Å². The summed E-state index contributed by atoms with van der Waals surface area (Å²) in [5.41, 5.74) is -0.298. The fraction of sp³-hybridized carbons (Fsp3) is 0.931. The lowest BCUT2D eigenvalue weighted by molar-refractivity contribution is -0.266. The zero-order valence-electron chi connectivity index (χ0n) is 22.1. The molecule has 6 nitrogen and oxygen atoms in total. The molecule has 6 fully saturated rings. The molecule has 1 N–H and O–H groups in total. The van der Waals surface area contributed by atoms with Gasteiger partial charge in [-0.2, -0.15) is 0 Å². The van der Waals surface area contributed by atoms with Crippen LogP contribution in [0.15, 0.2) is 0 Å². The van der Waals surface area contributed by atoms with Crippen LogP contribution in [-0.2, 0) is 23.8 Å². The fourth-order valence-corrected chi connectivity index (χ4v) is 10.3. The van der Waals surface area contributed by atoms with Gasteiger partial charge >= 0.3 is 5.97 Å². The molecule has 6 aliphatic rings. The summed E-state index contributed by atoms with van der Waals surface area (Å²) in [5.74, 6) is 1.04. The van der Waals surface area contributed by atoms with Crippen LogP contribution in [0.3, 0.4) is 0 Å². The summed E-state index contributed by atoms with van der Waals surface area (Å²) in [5, 5.41) is 11.7. The highest BCUT2D eigenvalue weighted by molar-refractivity contribution is 5.87. The van der Waals surface area contributed by atoms with Crippen LogP contribution in [0.25, 0.3) is 0 Å². The van der Waals surface area contributed by atoms with Gasteiger partial charge in [0.25, 0.3) is 0 Å². The smallest absolute Gasteiger partial charge is 0.302 e. The van der Waals surface area contributed by atoms with Crippen LogP contribution >= 0.6 is 0 Å². The average molecular weight is 489 g/mol. The van der Waals surface area contributed by atoms with Gasteiger partial charge in [0, 0.05) is 37.2 Å². The Bertz CT molecular complexity index is 904. The number of rotatable bonds is 2. The molecule has 0 radical (unpaired) electrons. The van der Waals surface area contributed by atoms with Crippen molar-refractivity contribution in [2.75, 3.05) is 6.61 Å². The Morgan fingerprint density at radius 1 is 1.09 bits per heavy atom. The minimum absolute atomic E-state index is 0.0324. The van der Waals surface area contributed by atoms with Gasteiger partial charge < -0.3 is 19.3 Å². The van der Waals surface area contributed by atoms with Crippen molar-refractivity contribution in [3.8, 4) is 0 Å². The van der Waals surface area contributed by atoms with Crippen molar-refractivity contribution in [2.45, 2.75) is 110 Å². The molecule has 2 saturated heterocycles. The van der Waals surface area contributed by atoms with Crippen LogP contribution in [0.1, 0.15) is 86.0 Å². The SMILES string of the molecule is CC(=O)O[C@H]1CC[C@@]2(C)[C@@H](CC[C@@H]3[C@@H]2CC(=O)[C@]2(C)[C@@H]4[C@H](C[C@@H]32)O[C@](O)([C@@H]2C[C@@H](C)CO2)[C@H]4C)C1. The minimum Gasteiger partial charge on any atom is -0.463 e. The summed E-state index contributed by atoms with van der Waals surface area (Å²) in [6.07, 6.45) is 7.17. The van der Waals surface area contributed by atoms with E-state index in [-0.39, 0.29) is 41.5 Å². The Hall–Kier alpha value is -0.980. The molecule has 0 spiro atoms. The lowest BCUT2D eigenvalue weighted by Crippen LogP contribution is -2.58. The largest absolute Gasteiger partial charge is 0.463 e. The van der Waals surface area contributed by atoms with Gasteiger partial charge in [-0.1, -0.05) is 27.7 Å². The van der Waals surface area contributed by atoms with E-state index in [1.165, 1.54) is 6.92 Å². The van der Waals surface area contributed by atoms with Gasteiger partial charge in [0.1, 0.15) is 18.0 Å². The summed E-state index contributed by atoms with van der Waals surface area (Å²) in [7, 11) is 0. The number of ketones is 1. The first-order valence-corrected chi connectivity index (χ1v) is 14.2. The molecule has 0 aromatic carbocycles. The maximum atomic E-state index is 14.1. The predicted molar refractivity (Wildman–Crippen MR) is 129 cm³/mol. The van der Waals surface area contributed by atoms with Crippen LogP contribution in [0.2, 0.25) is 0 Å². The zero-order valence-corrected chi connectivity index (χ0v) is 22.1. The van der Waals surface area contributed by atoms with Crippen molar-refractivity contribution in [3.63, 3.8) is 0 Å². The zero-order chi connectivity index (χ0) is 24.9. The first kappa shape index (κ1) is 24.4. The van der Waals surface area contributed by atoms with Crippen LogP contribution in [0.5, 0.6) is 0 Å². The molecule has 0 aromatic rings. The van der Waals surface area contributed by atoms with E-state index >= 15 is 0 Å². The molecule has 0 amide bonds. The van der Waals surface area contributed by atoms with E-state index in [9.17, 15) is 14.7 Å². The van der Waals surface area contributed by atoms with E-state index in [0.29, 0.717) is 48.4 Å². The summed E-state index contributed by atoms with van der Waals surface area (Å²) in [6, 6.07) is 0. The second-order valence-corrected chi connectivity index (χ2v) is 13.7. The van der Waals surface area contributed by atoms with E-state index in [1.54, 1.807) is 0 Å². The Morgan fingerprint density at radius 2 is 1.86 bits per heavy atom. The quantitative estimate of drug-likeness (QED) is 0.576. The fourth-order valence-electron chi connectivity index (χ4n) is 10.3. The highest BCUT2D eigenvalue weighted by Crippen LogP contribution is 2.70. The molecule has 6 rings (SSSR count). The molecule has 6 heteroatoms. The van der Waals surface area contributed by atoms with Gasteiger partial charge in [-0.05, 0) is 80.0 Å². The van der Waals surface area contributed by atoms with Crippen molar-refractivity contribution in [2.24, 2.45) is 52.3 Å². The molecular weight excluding hydrogens is 444 g/mol. The minimum atomic E-state index is -1.29. The van der Waals surface area contributed by atoms with Gasteiger partial charge in [0.2, 0.25) is 0 Å². The van der Waals surface area contributed by atoms with Gasteiger partial charge in [-0.3, -0.25) is 9.59 Å². The van der Waals surface area contributed by atoms with Crippen molar-refractivity contribution >= 4 is 11.8 Å². The molecule has 4 aliphatic carbocycles. The average Bonchev–Trinajstić information content (AvgIpc) is 3.43. The molecular formula is C29H44O6. The molecule has 0 aromatic heterocycles. The van der Waals surface area contributed by atoms with E-state index < -0.39 is 11.2 Å². The van der Waals surface area contributed by atoms with Crippen LogP contribution in [0.4, 0.5) is 0 Å². The molecule has 196 valence electrons. The molecule has 0 unspecified atom stereocenters. The molecule has 2 aliphatic heterocycles. The summed E-state index contributed by atoms with van der Waals surface area (Å²) >= 11 is 0. The monoisotopic (exact) mass is 488 g/mol. The topological polar surface area (TPSA) is 82.1 Å². The van der Waals surface area contributed by atoms with Gasteiger partial charge in [-0.15, -0.1) is 0 Å². The number of hydrogen-bond donors (Lipinski definition) is 1. The van der Waals surface area contributed by atoms with Crippen LogP contribution in [-0.4, -0.2) is 47.6 Å². The van der Waals surface area contributed by atoms with Gasteiger partial charge in [-0.25, -0.2) is 0 Å². The maximum absolute atomic E-state index is 14.1. The lowest BCUT2D eigenvalue weighted by atomic mass is 9.44. The molecule has 35 heavy (non-hydrogen) atoms. The number of carbonyl (C=O) groups excluding carboxylic acids is 2. The molecule has 2 heterocycles. The Kier molecular flexibility index (Phi) is 5.57. The third-order valence-electron chi connectivity index (χ3n) is 12.1. The summed E-state index contributed by atoms with van der Waals surface area (Å²) in [6.45, 7) is 11.0. The predicted octanol–water partition coefficient (Wildman–Crippen LogP) is 4.51.